The first-order chi connectivity index (χ1) is 16.5. The fourth-order valence-electron chi connectivity index (χ4n) is 3.26. The predicted molar refractivity (Wildman–Crippen MR) is 133 cm³/mol. The Bertz CT molecular complexity index is 1340. The zero-order chi connectivity index (χ0) is 25.9. The Morgan fingerprint density at radius 3 is 1.94 bits per heavy atom. The number of rotatable bonds is 9. The third-order valence-corrected chi connectivity index (χ3v) is 4.96. The molecule has 0 saturated carbocycles. The summed E-state index contributed by atoms with van der Waals surface area (Å²) in [4.78, 5) is 47.8. The highest BCUT2D eigenvalue weighted by molar-refractivity contribution is 6.07. The van der Waals surface area contributed by atoms with Gasteiger partial charge in [-0.05, 0) is 17.1 Å². The van der Waals surface area contributed by atoms with Crippen molar-refractivity contribution < 1.29 is 19.3 Å². The van der Waals surface area contributed by atoms with Gasteiger partial charge in [0, 0.05) is 39.5 Å². The lowest BCUT2D eigenvalue weighted by Gasteiger charge is -2.04. The Labute approximate surface area is 210 Å². The van der Waals surface area contributed by atoms with E-state index in [1.54, 1.807) is 24.9 Å². The predicted octanol–water partition coefficient (Wildman–Crippen LogP) is 0.988. The van der Waals surface area contributed by atoms with Gasteiger partial charge in [-0.3, -0.25) is 19.8 Å². The Morgan fingerprint density at radius 2 is 1.47 bits per heavy atom. The lowest BCUT2D eigenvalue weighted by Crippen LogP contribution is -2.28. The highest BCUT2D eigenvalue weighted by Gasteiger charge is 2.22. The van der Waals surface area contributed by atoms with Gasteiger partial charge in [0.25, 0.3) is 17.7 Å². The summed E-state index contributed by atoms with van der Waals surface area (Å²) >= 11 is 0. The molecule has 0 atom stereocenters. The summed E-state index contributed by atoms with van der Waals surface area (Å²) in [5.41, 5.74) is 6.44. The largest absolute Gasteiger partial charge is 0.390 e. The molecular formula is C20H25ClN10O5. The Balaban J connectivity index is 0.00000456. The van der Waals surface area contributed by atoms with Gasteiger partial charge in [-0.1, -0.05) is 0 Å². The molecule has 0 aliphatic rings. The van der Waals surface area contributed by atoms with Gasteiger partial charge in [0.15, 0.2) is 5.69 Å². The van der Waals surface area contributed by atoms with E-state index >= 15 is 0 Å². The highest BCUT2D eigenvalue weighted by atomic mass is 35.5. The maximum atomic E-state index is 12.8. The van der Waals surface area contributed by atoms with Crippen LogP contribution in [-0.2, 0) is 21.1 Å². The zero-order valence-electron chi connectivity index (χ0n) is 19.6. The Kier molecular flexibility index (Phi) is 8.56. The van der Waals surface area contributed by atoms with Crippen LogP contribution in [0.15, 0.2) is 30.6 Å². The molecule has 0 fully saturated rings. The van der Waals surface area contributed by atoms with Crippen LogP contribution in [0.1, 0.15) is 37.9 Å². The van der Waals surface area contributed by atoms with Crippen molar-refractivity contribution in [1.29, 1.82) is 5.41 Å². The minimum absolute atomic E-state index is 0. The van der Waals surface area contributed by atoms with E-state index in [4.69, 9.17) is 11.1 Å². The molecule has 3 amide bonds. The molecule has 15 nitrogen and oxygen atoms in total. The molecule has 0 radical (unpaired) electrons. The zero-order valence-corrected chi connectivity index (χ0v) is 20.4. The number of hydrogen-bond donors (Lipinski definition) is 5. The van der Waals surface area contributed by atoms with Gasteiger partial charge in [0.05, 0.1) is 35.4 Å². The van der Waals surface area contributed by atoms with Crippen molar-refractivity contribution in [1.82, 2.24) is 24.2 Å². The summed E-state index contributed by atoms with van der Waals surface area (Å²) in [5, 5.41) is 29.6. The first-order valence-corrected chi connectivity index (χ1v) is 10.2. The average molecular weight is 521 g/mol. The number of nitrogens with two attached hydrogens (primary N) is 1. The number of halogens is 1. The van der Waals surface area contributed by atoms with E-state index in [1.165, 1.54) is 29.9 Å². The molecule has 0 spiro atoms. The normalized spacial score (nSPS) is 10.3. The first-order valence-electron chi connectivity index (χ1n) is 10.2. The minimum atomic E-state index is -0.702. The standard InChI is InChI=1S/C20H24N10O5.ClH/c1-27-9-11(6-13(27)18(31)23-5-4-16(21)22)24-19(32)14-7-12(10-28(14)2)25-20(33)15-8-17(30(34)35)26-29(15)3;/h6-10H,4-5H2,1-3H3,(H3,21,22)(H,23,31)(H,24,32)(H,25,33);1H. The molecule has 0 aliphatic carbocycles. The number of aryl methyl sites for hydroxylation is 3. The van der Waals surface area contributed by atoms with E-state index in [2.05, 4.69) is 21.0 Å². The molecular weight excluding hydrogens is 496 g/mol. The van der Waals surface area contributed by atoms with Crippen molar-refractivity contribution in [3.63, 3.8) is 0 Å². The van der Waals surface area contributed by atoms with E-state index in [-0.39, 0.29) is 48.5 Å². The van der Waals surface area contributed by atoms with Gasteiger partial charge in [-0.15, -0.1) is 12.4 Å². The summed E-state index contributed by atoms with van der Waals surface area (Å²) in [6.07, 6.45) is 3.30. The van der Waals surface area contributed by atoms with Crippen molar-refractivity contribution in [2.24, 2.45) is 26.9 Å². The summed E-state index contributed by atoms with van der Waals surface area (Å²) < 4.78 is 4.13. The van der Waals surface area contributed by atoms with E-state index in [0.29, 0.717) is 17.1 Å². The summed E-state index contributed by atoms with van der Waals surface area (Å²) in [6.45, 7) is 0.213. The summed E-state index contributed by atoms with van der Waals surface area (Å²) in [7, 11) is 4.66. The number of carbonyl (C=O) groups is 3. The van der Waals surface area contributed by atoms with Crippen LogP contribution >= 0.6 is 12.4 Å². The molecule has 3 aromatic heterocycles. The van der Waals surface area contributed by atoms with Crippen molar-refractivity contribution in [2.45, 2.75) is 6.42 Å². The van der Waals surface area contributed by atoms with Gasteiger partial charge < -0.3 is 40.9 Å². The molecule has 16 heteroatoms. The van der Waals surface area contributed by atoms with Gasteiger partial charge in [0.1, 0.15) is 11.4 Å². The first kappa shape index (κ1) is 27.6. The van der Waals surface area contributed by atoms with Crippen LogP contribution in [0.3, 0.4) is 0 Å². The average Bonchev–Trinajstić information content (AvgIpc) is 3.44. The van der Waals surface area contributed by atoms with Crippen molar-refractivity contribution in [2.75, 3.05) is 17.2 Å². The van der Waals surface area contributed by atoms with Gasteiger partial charge in [-0.25, -0.2) is 0 Å². The number of nitrogens with zero attached hydrogens (tertiary/aromatic N) is 5. The van der Waals surface area contributed by atoms with Crippen LogP contribution in [0.5, 0.6) is 0 Å². The molecule has 0 aliphatic heterocycles. The van der Waals surface area contributed by atoms with E-state index in [0.717, 1.165) is 10.7 Å². The fourth-order valence-corrected chi connectivity index (χ4v) is 3.26. The number of nitro groups is 1. The van der Waals surface area contributed by atoms with Crippen LogP contribution in [0.2, 0.25) is 0 Å². The molecule has 0 aromatic carbocycles. The molecule has 0 unspecified atom stereocenters. The van der Waals surface area contributed by atoms with Gasteiger partial charge >= 0.3 is 5.82 Å². The number of amides is 3. The van der Waals surface area contributed by atoms with E-state index in [1.807, 2.05) is 0 Å². The van der Waals surface area contributed by atoms with Gasteiger partial charge in [0.2, 0.25) is 0 Å². The van der Waals surface area contributed by atoms with Crippen molar-refractivity contribution >= 4 is 53.2 Å². The number of carbonyl (C=O) groups excluding carboxylic acids is 3. The number of amidine groups is 1. The molecule has 6 N–H and O–H groups in total. The van der Waals surface area contributed by atoms with Crippen molar-refractivity contribution in [3.8, 4) is 0 Å². The second-order valence-corrected chi connectivity index (χ2v) is 7.66. The highest BCUT2D eigenvalue weighted by Crippen LogP contribution is 2.19. The topological polar surface area (TPSA) is 208 Å². The van der Waals surface area contributed by atoms with Crippen LogP contribution < -0.4 is 21.7 Å². The van der Waals surface area contributed by atoms with Gasteiger partial charge in [-0.2, -0.15) is 4.68 Å². The van der Waals surface area contributed by atoms with Crippen LogP contribution in [0, 0.1) is 15.5 Å². The van der Waals surface area contributed by atoms with Crippen LogP contribution in [0.4, 0.5) is 17.2 Å². The molecule has 0 bridgehead atoms. The molecule has 0 saturated heterocycles. The van der Waals surface area contributed by atoms with Crippen LogP contribution in [0.25, 0.3) is 0 Å². The second-order valence-electron chi connectivity index (χ2n) is 7.66. The smallest absolute Gasteiger partial charge is 0.388 e. The van der Waals surface area contributed by atoms with E-state index in [9.17, 15) is 24.5 Å². The molecule has 3 rings (SSSR count). The Hall–Kier alpha value is -4.66. The second kappa shape index (κ2) is 11.2. The maximum Gasteiger partial charge on any atom is 0.390 e. The third-order valence-electron chi connectivity index (χ3n) is 4.96. The molecule has 3 heterocycles. The Morgan fingerprint density at radius 1 is 0.972 bits per heavy atom. The van der Waals surface area contributed by atoms with E-state index < -0.39 is 22.6 Å². The summed E-state index contributed by atoms with van der Waals surface area (Å²) in [6, 6.07) is 3.99. The SMILES string of the molecule is Cl.Cn1cc(NC(=O)c2cc(NC(=O)c3cc([N+](=O)[O-])nn3C)cn2C)cc1C(=O)NCCC(=N)N. The quantitative estimate of drug-likeness (QED) is 0.119. The lowest BCUT2D eigenvalue weighted by molar-refractivity contribution is -0.389. The third kappa shape index (κ3) is 6.26. The molecule has 36 heavy (non-hydrogen) atoms. The maximum absolute atomic E-state index is 12.8. The fraction of sp³-hybridized carbons (Fsp3) is 0.250. The number of anilines is 2. The number of hydrogen-bond acceptors (Lipinski definition) is 7. The monoisotopic (exact) mass is 520 g/mol. The van der Waals surface area contributed by atoms with Crippen LogP contribution in [-0.4, -0.2) is 53.9 Å². The minimum Gasteiger partial charge on any atom is -0.388 e. The lowest BCUT2D eigenvalue weighted by atomic mass is 10.3. The number of aromatic nitrogens is 4. The number of nitrogens with one attached hydrogen (secondary N) is 4. The molecule has 3 aromatic rings. The van der Waals surface area contributed by atoms with Crippen molar-refractivity contribution in [3.05, 3.63) is 57.8 Å². The molecule has 192 valence electrons. The summed E-state index contributed by atoms with van der Waals surface area (Å²) in [5.74, 6) is -1.99.